The van der Waals surface area contributed by atoms with Crippen molar-refractivity contribution in [2.24, 2.45) is 0 Å². The first-order valence-electron chi connectivity index (χ1n) is 9.29. The third kappa shape index (κ3) is 3.51. The van der Waals surface area contributed by atoms with Crippen LogP contribution in [0.25, 0.3) is 5.52 Å². The van der Waals surface area contributed by atoms with Crippen molar-refractivity contribution < 1.29 is 5.11 Å². The summed E-state index contributed by atoms with van der Waals surface area (Å²) in [5.41, 5.74) is 4.65. The van der Waals surface area contributed by atoms with Gasteiger partial charge < -0.3 is 9.51 Å². The standard InChI is InChI=1S/C21H26N4O/c1-17-22-20(21-8-4-5-9-25(17)21)15-24-12-10-23(11-13-24)14-18-6-2-3-7-19(18)16-26/h2-9,26H,10-16H2,1H3. The number of pyridine rings is 1. The van der Waals surface area contributed by atoms with Crippen LogP contribution in [0.4, 0.5) is 0 Å². The Balaban J connectivity index is 1.38. The van der Waals surface area contributed by atoms with Gasteiger partial charge in [0.1, 0.15) is 5.82 Å². The molecule has 1 fully saturated rings. The van der Waals surface area contributed by atoms with Crippen molar-refractivity contribution in [2.45, 2.75) is 26.6 Å². The van der Waals surface area contributed by atoms with E-state index in [1.807, 2.05) is 12.1 Å². The van der Waals surface area contributed by atoms with Gasteiger partial charge in [0, 0.05) is 45.5 Å². The summed E-state index contributed by atoms with van der Waals surface area (Å²) in [6, 6.07) is 14.5. The van der Waals surface area contributed by atoms with Gasteiger partial charge in [0.25, 0.3) is 0 Å². The molecule has 0 atom stereocenters. The number of imidazole rings is 1. The minimum Gasteiger partial charge on any atom is -0.392 e. The van der Waals surface area contributed by atoms with Gasteiger partial charge in [-0.15, -0.1) is 0 Å². The van der Waals surface area contributed by atoms with Crippen LogP contribution in [0.3, 0.4) is 0 Å². The van der Waals surface area contributed by atoms with Crippen LogP contribution in [0.2, 0.25) is 0 Å². The van der Waals surface area contributed by atoms with Gasteiger partial charge in [-0.3, -0.25) is 9.80 Å². The molecule has 3 heterocycles. The number of aromatic nitrogens is 2. The van der Waals surface area contributed by atoms with Crippen LogP contribution in [0.1, 0.15) is 22.6 Å². The number of fused-ring (bicyclic) bond motifs is 1. The largest absolute Gasteiger partial charge is 0.392 e. The van der Waals surface area contributed by atoms with E-state index >= 15 is 0 Å². The van der Waals surface area contributed by atoms with Gasteiger partial charge in [0.15, 0.2) is 0 Å². The highest BCUT2D eigenvalue weighted by Crippen LogP contribution is 2.17. The van der Waals surface area contributed by atoms with E-state index in [0.29, 0.717) is 0 Å². The predicted molar refractivity (Wildman–Crippen MR) is 103 cm³/mol. The van der Waals surface area contributed by atoms with Crippen molar-refractivity contribution in [3.63, 3.8) is 0 Å². The Morgan fingerprint density at radius 2 is 1.54 bits per heavy atom. The van der Waals surface area contributed by atoms with Crippen molar-refractivity contribution in [3.05, 3.63) is 71.3 Å². The Morgan fingerprint density at radius 1 is 0.885 bits per heavy atom. The maximum Gasteiger partial charge on any atom is 0.110 e. The molecule has 0 radical (unpaired) electrons. The molecule has 26 heavy (non-hydrogen) atoms. The lowest BCUT2D eigenvalue weighted by Crippen LogP contribution is -2.45. The highest BCUT2D eigenvalue weighted by Gasteiger charge is 2.19. The van der Waals surface area contributed by atoms with Gasteiger partial charge in [0.05, 0.1) is 17.8 Å². The second kappa shape index (κ2) is 7.58. The van der Waals surface area contributed by atoms with E-state index in [1.165, 1.54) is 16.8 Å². The molecule has 1 aromatic carbocycles. The first kappa shape index (κ1) is 17.2. The van der Waals surface area contributed by atoms with Crippen LogP contribution in [0.5, 0.6) is 0 Å². The Kier molecular flexibility index (Phi) is 5.02. The van der Waals surface area contributed by atoms with E-state index in [0.717, 1.165) is 50.7 Å². The normalized spacial score (nSPS) is 16.4. The molecular formula is C21H26N4O. The fraction of sp³-hybridized carbons (Fsp3) is 0.381. The number of hydrogen-bond acceptors (Lipinski definition) is 4. The Bertz CT molecular complexity index is 881. The fourth-order valence-corrected chi connectivity index (χ4v) is 3.81. The number of benzene rings is 1. The molecule has 2 aromatic heterocycles. The smallest absolute Gasteiger partial charge is 0.110 e. The van der Waals surface area contributed by atoms with Crippen LogP contribution >= 0.6 is 0 Å². The number of aryl methyl sites for hydroxylation is 1. The van der Waals surface area contributed by atoms with E-state index in [9.17, 15) is 5.11 Å². The van der Waals surface area contributed by atoms with E-state index in [1.54, 1.807) is 0 Å². The van der Waals surface area contributed by atoms with Crippen LogP contribution in [-0.4, -0.2) is 50.5 Å². The minimum atomic E-state index is 0.114. The molecule has 0 aliphatic carbocycles. The third-order valence-electron chi connectivity index (χ3n) is 5.32. The van der Waals surface area contributed by atoms with Gasteiger partial charge in [-0.05, 0) is 30.2 Å². The minimum absolute atomic E-state index is 0.114. The van der Waals surface area contributed by atoms with Gasteiger partial charge >= 0.3 is 0 Å². The molecular weight excluding hydrogens is 324 g/mol. The average Bonchev–Trinajstić information content (AvgIpc) is 3.00. The van der Waals surface area contributed by atoms with E-state index in [4.69, 9.17) is 4.98 Å². The van der Waals surface area contributed by atoms with Crippen LogP contribution < -0.4 is 0 Å². The van der Waals surface area contributed by atoms with Crippen molar-refractivity contribution >= 4 is 5.52 Å². The van der Waals surface area contributed by atoms with Gasteiger partial charge in [-0.1, -0.05) is 30.3 Å². The topological polar surface area (TPSA) is 44.0 Å². The van der Waals surface area contributed by atoms with Gasteiger partial charge in [-0.2, -0.15) is 0 Å². The molecule has 3 aromatic rings. The SMILES string of the molecule is Cc1nc(CN2CCN(Cc3ccccc3CO)CC2)c2ccccn12. The number of hydrogen-bond donors (Lipinski definition) is 1. The summed E-state index contributed by atoms with van der Waals surface area (Å²) >= 11 is 0. The second-order valence-corrected chi connectivity index (χ2v) is 7.04. The van der Waals surface area contributed by atoms with Crippen molar-refractivity contribution in [2.75, 3.05) is 26.2 Å². The molecule has 1 saturated heterocycles. The molecule has 0 saturated carbocycles. The first-order chi connectivity index (χ1) is 12.7. The zero-order valence-corrected chi connectivity index (χ0v) is 15.3. The summed E-state index contributed by atoms with van der Waals surface area (Å²) in [6.45, 7) is 8.18. The Labute approximate surface area is 154 Å². The Hall–Kier alpha value is -2.21. The maximum absolute atomic E-state index is 9.51. The van der Waals surface area contributed by atoms with Gasteiger partial charge in [-0.25, -0.2) is 4.98 Å². The van der Waals surface area contributed by atoms with Crippen molar-refractivity contribution in [3.8, 4) is 0 Å². The lowest BCUT2D eigenvalue weighted by Gasteiger charge is -2.34. The highest BCUT2D eigenvalue weighted by atomic mass is 16.3. The van der Waals surface area contributed by atoms with Crippen molar-refractivity contribution in [1.82, 2.24) is 19.2 Å². The first-order valence-corrected chi connectivity index (χ1v) is 9.29. The van der Waals surface area contributed by atoms with Crippen molar-refractivity contribution in [1.29, 1.82) is 0 Å². The number of aliphatic hydroxyl groups is 1. The maximum atomic E-state index is 9.51. The molecule has 0 amide bonds. The number of piperazine rings is 1. The van der Waals surface area contributed by atoms with Crippen LogP contribution in [0.15, 0.2) is 48.7 Å². The molecule has 0 spiro atoms. The summed E-state index contributed by atoms with van der Waals surface area (Å²) in [6.07, 6.45) is 2.08. The average molecular weight is 350 g/mol. The molecule has 1 aliphatic rings. The second-order valence-electron chi connectivity index (χ2n) is 7.04. The van der Waals surface area contributed by atoms with E-state index in [2.05, 4.69) is 57.7 Å². The molecule has 1 aliphatic heterocycles. The zero-order chi connectivity index (χ0) is 17.9. The summed E-state index contributed by atoms with van der Waals surface area (Å²) in [7, 11) is 0. The molecule has 0 unspecified atom stereocenters. The molecule has 5 heteroatoms. The zero-order valence-electron chi connectivity index (χ0n) is 15.3. The summed E-state index contributed by atoms with van der Waals surface area (Å²) in [5, 5.41) is 9.51. The molecule has 136 valence electrons. The summed E-state index contributed by atoms with van der Waals surface area (Å²) in [5.74, 6) is 1.05. The van der Waals surface area contributed by atoms with Crippen LogP contribution in [0, 0.1) is 6.92 Å². The lowest BCUT2D eigenvalue weighted by atomic mass is 10.1. The third-order valence-corrected chi connectivity index (χ3v) is 5.32. The highest BCUT2D eigenvalue weighted by molar-refractivity contribution is 5.53. The fourth-order valence-electron chi connectivity index (χ4n) is 3.81. The van der Waals surface area contributed by atoms with E-state index in [-0.39, 0.29) is 6.61 Å². The summed E-state index contributed by atoms with van der Waals surface area (Å²) in [4.78, 5) is 9.74. The number of nitrogens with zero attached hydrogens (tertiary/aromatic N) is 4. The Morgan fingerprint density at radius 3 is 2.27 bits per heavy atom. The number of rotatable bonds is 5. The molecule has 1 N–H and O–H groups in total. The monoisotopic (exact) mass is 350 g/mol. The quantitative estimate of drug-likeness (QED) is 0.768. The predicted octanol–water partition coefficient (Wildman–Crippen LogP) is 2.45. The summed E-state index contributed by atoms with van der Waals surface area (Å²) < 4.78 is 2.16. The van der Waals surface area contributed by atoms with Crippen LogP contribution in [-0.2, 0) is 19.7 Å². The number of aliphatic hydroxyl groups excluding tert-OH is 1. The molecule has 0 bridgehead atoms. The van der Waals surface area contributed by atoms with E-state index < -0.39 is 0 Å². The molecule has 5 nitrogen and oxygen atoms in total. The van der Waals surface area contributed by atoms with Gasteiger partial charge in [0.2, 0.25) is 0 Å². The molecule has 4 rings (SSSR count). The lowest BCUT2D eigenvalue weighted by molar-refractivity contribution is 0.120.